The second kappa shape index (κ2) is 8.12. The monoisotopic (exact) mass is 399 g/mol. The highest BCUT2D eigenvalue weighted by molar-refractivity contribution is 7.92. The first-order chi connectivity index (χ1) is 12.6. The number of esters is 2. The van der Waals surface area contributed by atoms with Crippen molar-refractivity contribution in [2.75, 3.05) is 11.8 Å². The Morgan fingerprint density at radius 3 is 2.22 bits per heavy atom. The van der Waals surface area contributed by atoms with Crippen LogP contribution in [-0.4, -0.2) is 33.6 Å². The van der Waals surface area contributed by atoms with Crippen LogP contribution in [0.4, 0.5) is 14.5 Å². The Balaban J connectivity index is 2.11. The average Bonchev–Trinajstić information content (AvgIpc) is 2.63. The van der Waals surface area contributed by atoms with Gasteiger partial charge in [0, 0.05) is 5.69 Å². The average molecular weight is 399 g/mol. The van der Waals surface area contributed by atoms with E-state index in [4.69, 9.17) is 4.74 Å². The fourth-order valence-electron chi connectivity index (χ4n) is 1.98. The van der Waals surface area contributed by atoms with Crippen LogP contribution in [0.25, 0.3) is 0 Å². The molecule has 0 amide bonds. The zero-order valence-corrected chi connectivity index (χ0v) is 15.0. The number of benzene rings is 2. The zero-order valence-electron chi connectivity index (χ0n) is 14.2. The maximum absolute atomic E-state index is 13.2. The lowest BCUT2D eigenvalue weighted by molar-refractivity contribution is -0.149. The van der Waals surface area contributed by atoms with Crippen molar-refractivity contribution in [1.82, 2.24) is 0 Å². The summed E-state index contributed by atoms with van der Waals surface area (Å²) in [6, 6.07) is 7.27. The van der Waals surface area contributed by atoms with E-state index in [1.165, 1.54) is 31.2 Å². The smallest absolute Gasteiger partial charge is 0.346 e. The van der Waals surface area contributed by atoms with Crippen LogP contribution < -0.4 is 4.72 Å². The van der Waals surface area contributed by atoms with Gasteiger partial charge in [-0.2, -0.15) is 0 Å². The molecule has 1 atom stereocenters. The van der Waals surface area contributed by atoms with Crippen molar-refractivity contribution < 1.29 is 36.3 Å². The van der Waals surface area contributed by atoms with Gasteiger partial charge in [-0.05, 0) is 49.4 Å². The van der Waals surface area contributed by atoms with E-state index in [0.717, 1.165) is 13.2 Å². The third-order valence-corrected chi connectivity index (χ3v) is 4.77. The number of hydrogen-bond acceptors (Lipinski definition) is 6. The molecule has 2 aromatic rings. The molecule has 7 nitrogen and oxygen atoms in total. The standard InChI is InChI=1S/C17H15F2NO6S/c1-10(16(21)25-2)26-17(22)11-3-5-12(6-4-11)20-27(23,24)13-7-8-14(18)15(19)9-13/h3-10,20H,1-2H3/t10-/m0/s1. The second-order valence-electron chi connectivity index (χ2n) is 5.33. The minimum atomic E-state index is -4.15. The van der Waals surface area contributed by atoms with Gasteiger partial charge >= 0.3 is 11.9 Å². The molecule has 0 radical (unpaired) electrons. The molecule has 10 heteroatoms. The van der Waals surface area contributed by atoms with Crippen LogP contribution in [0.3, 0.4) is 0 Å². The zero-order chi connectivity index (χ0) is 20.2. The summed E-state index contributed by atoms with van der Waals surface area (Å²) in [5.41, 5.74) is 0.152. The summed E-state index contributed by atoms with van der Waals surface area (Å²) in [4.78, 5) is 22.7. The molecule has 0 bridgehead atoms. The molecule has 0 fully saturated rings. The van der Waals surface area contributed by atoms with Crippen molar-refractivity contribution in [2.24, 2.45) is 0 Å². The largest absolute Gasteiger partial charge is 0.466 e. The van der Waals surface area contributed by atoms with Gasteiger partial charge in [0.05, 0.1) is 17.6 Å². The lowest BCUT2D eigenvalue weighted by Gasteiger charge is -2.12. The number of rotatable bonds is 6. The summed E-state index contributed by atoms with van der Waals surface area (Å²) in [5.74, 6) is -3.99. The van der Waals surface area contributed by atoms with E-state index in [1.54, 1.807) is 0 Å². The third kappa shape index (κ3) is 5.00. The molecule has 0 aliphatic carbocycles. The maximum Gasteiger partial charge on any atom is 0.346 e. The number of nitrogens with one attached hydrogen (secondary N) is 1. The highest BCUT2D eigenvalue weighted by Gasteiger charge is 2.20. The predicted octanol–water partition coefficient (Wildman–Crippen LogP) is 2.48. The number of anilines is 1. The van der Waals surface area contributed by atoms with Gasteiger partial charge in [-0.1, -0.05) is 0 Å². The van der Waals surface area contributed by atoms with Crippen molar-refractivity contribution in [3.63, 3.8) is 0 Å². The van der Waals surface area contributed by atoms with E-state index in [2.05, 4.69) is 9.46 Å². The molecule has 0 aliphatic heterocycles. The Labute approximate surface area is 154 Å². The van der Waals surface area contributed by atoms with Crippen LogP contribution >= 0.6 is 0 Å². The van der Waals surface area contributed by atoms with Crippen molar-refractivity contribution in [2.45, 2.75) is 17.9 Å². The Bertz CT molecular complexity index is 960. The molecule has 0 unspecified atom stereocenters. The first-order valence-corrected chi connectivity index (χ1v) is 8.99. The fourth-order valence-corrected chi connectivity index (χ4v) is 3.05. The van der Waals surface area contributed by atoms with E-state index < -0.39 is 44.6 Å². The number of ether oxygens (including phenoxy) is 2. The lowest BCUT2D eigenvalue weighted by atomic mass is 10.2. The second-order valence-corrected chi connectivity index (χ2v) is 7.01. The van der Waals surface area contributed by atoms with Crippen LogP contribution in [-0.2, 0) is 24.3 Å². The molecule has 0 aliphatic rings. The van der Waals surface area contributed by atoms with Crippen molar-refractivity contribution in [3.8, 4) is 0 Å². The summed E-state index contributed by atoms with van der Waals surface area (Å²) in [6.45, 7) is 1.34. The fraction of sp³-hybridized carbons (Fsp3) is 0.176. The van der Waals surface area contributed by atoms with Gasteiger partial charge in [0.15, 0.2) is 17.7 Å². The highest BCUT2D eigenvalue weighted by Crippen LogP contribution is 2.19. The van der Waals surface area contributed by atoms with E-state index in [9.17, 15) is 26.8 Å². The van der Waals surface area contributed by atoms with Crippen LogP contribution in [0.2, 0.25) is 0 Å². The normalized spacial score (nSPS) is 12.1. The van der Waals surface area contributed by atoms with Gasteiger partial charge in [-0.25, -0.2) is 26.8 Å². The van der Waals surface area contributed by atoms with E-state index in [1.807, 2.05) is 0 Å². The SMILES string of the molecule is COC(=O)[C@H](C)OC(=O)c1ccc(NS(=O)(=O)c2ccc(F)c(F)c2)cc1. The predicted molar refractivity (Wildman–Crippen MR) is 90.5 cm³/mol. The molecular weight excluding hydrogens is 384 g/mol. The van der Waals surface area contributed by atoms with Gasteiger partial charge in [-0.3, -0.25) is 4.72 Å². The van der Waals surface area contributed by atoms with Gasteiger partial charge in [0.25, 0.3) is 10.0 Å². The minimum Gasteiger partial charge on any atom is -0.466 e. The highest BCUT2D eigenvalue weighted by atomic mass is 32.2. The van der Waals surface area contributed by atoms with E-state index in [-0.39, 0.29) is 11.3 Å². The van der Waals surface area contributed by atoms with E-state index in [0.29, 0.717) is 12.1 Å². The maximum atomic E-state index is 13.2. The van der Waals surface area contributed by atoms with Gasteiger partial charge in [0.1, 0.15) is 0 Å². The molecule has 27 heavy (non-hydrogen) atoms. The number of halogens is 2. The number of hydrogen-bond donors (Lipinski definition) is 1. The number of sulfonamides is 1. The van der Waals surface area contributed by atoms with Gasteiger partial charge in [-0.15, -0.1) is 0 Å². The summed E-state index contributed by atoms with van der Waals surface area (Å²) < 4.78 is 62.1. The molecule has 1 N–H and O–H groups in total. The van der Waals surface area contributed by atoms with Crippen LogP contribution in [0.1, 0.15) is 17.3 Å². The molecule has 0 heterocycles. The molecule has 0 saturated carbocycles. The van der Waals surface area contributed by atoms with Crippen molar-refractivity contribution >= 4 is 27.6 Å². The topological polar surface area (TPSA) is 98.8 Å². The Morgan fingerprint density at radius 2 is 1.67 bits per heavy atom. The molecule has 0 saturated heterocycles. The van der Waals surface area contributed by atoms with Crippen molar-refractivity contribution in [3.05, 3.63) is 59.7 Å². The van der Waals surface area contributed by atoms with Gasteiger partial charge < -0.3 is 9.47 Å². The molecule has 2 aromatic carbocycles. The number of methoxy groups -OCH3 is 1. The molecule has 144 valence electrons. The molecule has 0 aromatic heterocycles. The molecule has 2 rings (SSSR count). The number of carbonyl (C=O) groups is 2. The molecule has 0 spiro atoms. The summed E-state index contributed by atoms with van der Waals surface area (Å²) in [7, 11) is -3.00. The third-order valence-electron chi connectivity index (χ3n) is 3.39. The Hall–Kier alpha value is -3.01. The minimum absolute atomic E-state index is 0.0709. The Kier molecular flexibility index (Phi) is 6.11. The number of carbonyl (C=O) groups excluding carboxylic acids is 2. The van der Waals surface area contributed by atoms with Crippen molar-refractivity contribution in [1.29, 1.82) is 0 Å². The summed E-state index contributed by atoms with van der Waals surface area (Å²) in [6.07, 6.45) is -1.10. The summed E-state index contributed by atoms with van der Waals surface area (Å²) in [5, 5.41) is 0. The Morgan fingerprint density at radius 1 is 1.04 bits per heavy atom. The van der Waals surface area contributed by atoms with Gasteiger partial charge in [0.2, 0.25) is 0 Å². The first kappa shape index (κ1) is 20.3. The molecular formula is C17H15F2NO6S. The van der Waals surface area contributed by atoms with Crippen LogP contribution in [0.15, 0.2) is 47.4 Å². The van der Waals surface area contributed by atoms with Crippen LogP contribution in [0.5, 0.6) is 0 Å². The summed E-state index contributed by atoms with van der Waals surface area (Å²) >= 11 is 0. The lowest BCUT2D eigenvalue weighted by Crippen LogP contribution is -2.25. The van der Waals surface area contributed by atoms with E-state index >= 15 is 0 Å². The first-order valence-electron chi connectivity index (χ1n) is 7.51. The quantitative estimate of drug-likeness (QED) is 0.750. The van der Waals surface area contributed by atoms with Crippen LogP contribution in [0, 0.1) is 11.6 Å².